The molecule has 0 amide bonds. The lowest BCUT2D eigenvalue weighted by Crippen LogP contribution is -2.37. The number of nitrogens with one attached hydrogen (secondary N) is 1. The highest BCUT2D eigenvalue weighted by Crippen LogP contribution is 2.21. The molecule has 0 heterocycles. The molecule has 1 rings (SSSR count). The SMILES string of the molecule is COc1ccc(S(=O)(=O)NC(C)CN)cc1C. The van der Waals surface area contributed by atoms with Crippen molar-refractivity contribution in [1.82, 2.24) is 4.72 Å². The maximum Gasteiger partial charge on any atom is 0.240 e. The van der Waals surface area contributed by atoms with E-state index in [1.807, 2.05) is 0 Å². The number of hydrogen-bond acceptors (Lipinski definition) is 4. The van der Waals surface area contributed by atoms with Crippen molar-refractivity contribution in [1.29, 1.82) is 0 Å². The van der Waals surface area contributed by atoms with Gasteiger partial charge in [-0.3, -0.25) is 0 Å². The van der Waals surface area contributed by atoms with Crippen LogP contribution in [0.25, 0.3) is 0 Å². The summed E-state index contributed by atoms with van der Waals surface area (Å²) in [6.07, 6.45) is 0. The van der Waals surface area contributed by atoms with Crippen LogP contribution in [0.1, 0.15) is 12.5 Å². The third-order valence-electron chi connectivity index (χ3n) is 2.39. The van der Waals surface area contributed by atoms with Gasteiger partial charge < -0.3 is 10.5 Å². The smallest absolute Gasteiger partial charge is 0.240 e. The molecule has 0 aromatic heterocycles. The number of sulfonamides is 1. The van der Waals surface area contributed by atoms with Crippen LogP contribution in [-0.4, -0.2) is 28.1 Å². The molecule has 6 heteroatoms. The van der Waals surface area contributed by atoms with Crippen molar-refractivity contribution in [2.75, 3.05) is 13.7 Å². The molecule has 17 heavy (non-hydrogen) atoms. The van der Waals surface area contributed by atoms with Crippen LogP contribution in [0.15, 0.2) is 23.1 Å². The van der Waals surface area contributed by atoms with Crippen molar-refractivity contribution in [3.63, 3.8) is 0 Å². The molecule has 96 valence electrons. The topological polar surface area (TPSA) is 81.4 Å². The van der Waals surface area contributed by atoms with Gasteiger partial charge >= 0.3 is 0 Å². The number of rotatable bonds is 5. The summed E-state index contributed by atoms with van der Waals surface area (Å²) in [6, 6.07) is 4.43. The van der Waals surface area contributed by atoms with E-state index in [0.717, 1.165) is 5.56 Å². The molecule has 5 nitrogen and oxygen atoms in total. The maximum atomic E-state index is 11.9. The average molecular weight is 258 g/mol. The van der Waals surface area contributed by atoms with E-state index < -0.39 is 10.0 Å². The van der Waals surface area contributed by atoms with Crippen molar-refractivity contribution in [2.45, 2.75) is 24.8 Å². The van der Waals surface area contributed by atoms with Crippen LogP contribution < -0.4 is 15.2 Å². The van der Waals surface area contributed by atoms with Gasteiger partial charge in [-0.15, -0.1) is 0 Å². The van der Waals surface area contributed by atoms with Gasteiger partial charge in [0.2, 0.25) is 10.0 Å². The molecule has 0 aliphatic heterocycles. The van der Waals surface area contributed by atoms with Crippen LogP contribution in [0.3, 0.4) is 0 Å². The fraction of sp³-hybridized carbons (Fsp3) is 0.455. The van der Waals surface area contributed by atoms with Gasteiger partial charge in [0.25, 0.3) is 0 Å². The molecule has 1 atom stereocenters. The minimum Gasteiger partial charge on any atom is -0.496 e. The lowest BCUT2D eigenvalue weighted by atomic mass is 10.2. The first-order chi connectivity index (χ1) is 7.90. The second-order valence-electron chi connectivity index (χ2n) is 3.89. The third kappa shape index (κ3) is 3.42. The van der Waals surface area contributed by atoms with E-state index in [1.54, 1.807) is 33.1 Å². The van der Waals surface area contributed by atoms with Gasteiger partial charge in [-0.25, -0.2) is 13.1 Å². The van der Waals surface area contributed by atoms with Crippen molar-refractivity contribution in [3.8, 4) is 5.75 Å². The van der Waals surface area contributed by atoms with Gasteiger partial charge in [0.1, 0.15) is 5.75 Å². The fourth-order valence-corrected chi connectivity index (χ4v) is 2.74. The molecule has 0 radical (unpaired) electrons. The molecule has 3 N–H and O–H groups in total. The Morgan fingerprint density at radius 2 is 2.12 bits per heavy atom. The average Bonchev–Trinajstić information content (AvgIpc) is 2.28. The molecule has 0 aliphatic carbocycles. The van der Waals surface area contributed by atoms with Crippen LogP contribution >= 0.6 is 0 Å². The van der Waals surface area contributed by atoms with Gasteiger partial charge in [-0.2, -0.15) is 0 Å². The minimum absolute atomic E-state index is 0.219. The van der Waals surface area contributed by atoms with E-state index in [2.05, 4.69) is 4.72 Å². The predicted molar refractivity (Wildman–Crippen MR) is 66.6 cm³/mol. The third-order valence-corrected chi connectivity index (χ3v) is 3.97. The van der Waals surface area contributed by atoms with Gasteiger partial charge in [-0.1, -0.05) is 0 Å². The van der Waals surface area contributed by atoms with E-state index in [4.69, 9.17) is 10.5 Å². The lowest BCUT2D eigenvalue weighted by Gasteiger charge is -2.13. The molecular formula is C11H18N2O3S. The number of hydrogen-bond donors (Lipinski definition) is 2. The van der Waals surface area contributed by atoms with E-state index in [9.17, 15) is 8.42 Å². The van der Waals surface area contributed by atoms with Crippen molar-refractivity contribution in [2.24, 2.45) is 5.73 Å². The Balaban J connectivity index is 3.04. The van der Waals surface area contributed by atoms with Gasteiger partial charge in [0.05, 0.1) is 12.0 Å². The second-order valence-corrected chi connectivity index (χ2v) is 5.60. The zero-order valence-electron chi connectivity index (χ0n) is 10.2. The molecule has 1 unspecified atom stereocenters. The Morgan fingerprint density at radius 1 is 1.47 bits per heavy atom. The lowest BCUT2D eigenvalue weighted by molar-refractivity contribution is 0.411. The van der Waals surface area contributed by atoms with Gasteiger partial charge in [0.15, 0.2) is 0 Å². The van der Waals surface area contributed by atoms with Crippen molar-refractivity contribution >= 4 is 10.0 Å². The molecule has 0 spiro atoms. The van der Waals surface area contributed by atoms with Crippen LogP contribution in [0, 0.1) is 6.92 Å². The summed E-state index contributed by atoms with van der Waals surface area (Å²) in [4.78, 5) is 0.219. The largest absolute Gasteiger partial charge is 0.496 e. The molecule has 0 saturated heterocycles. The van der Waals surface area contributed by atoms with Gasteiger partial charge in [0, 0.05) is 12.6 Å². The molecule has 0 fully saturated rings. The van der Waals surface area contributed by atoms with Crippen LogP contribution in [-0.2, 0) is 10.0 Å². The Hall–Kier alpha value is -1.11. The van der Waals surface area contributed by atoms with E-state index in [-0.39, 0.29) is 17.5 Å². The van der Waals surface area contributed by atoms with E-state index in [0.29, 0.717) is 5.75 Å². The summed E-state index contributed by atoms with van der Waals surface area (Å²) >= 11 is 0. The molecule has 1 aromatic rings. The molecule has 0 aliphatic rings. The standard InChI is InChI=1S/C11H18N2O3S/c1-8-6-10(4-5-11(8)16-3)17(14,15)13-9(2)7-12/h4-6,9,13H,7,12H2,1-3H3. The Kier molecular flexibility index (Phi) is 4.50. The second kappa shape index (κ2) is 5.48. The highest BCUT2D eigenvalue weighted by molar-refractivity contribution is 7.89. The molecule has 0 saturated carbocycles. The fourth-order valence-electron chi connectivity index (χ4n) is 1.40. The number of nitrogens with two attached hydrogens (primary N) is 1. The van der Waals surface area contributed by atoms with Crippen LogP contribution in [0.5, 0.6) is 5.75 Å². The summed E-state index contributed by atoms with van der Waals surface area (Å²) in [5.74, 6) is 0.663. The molecule has 1 aromatic carbocycles. The quantitative estimate of drug-likeness (QED) is 0.811. The van der Waals surface area contributed by atoms with Crippen LogP contribution in [0.4, 0.5) is 0 Å². The number of benzene rings is 1. The first-order valence-electron chi connectivity index (χ1n) is 5.27. The highest BCUT2D eigenvalue weighted by atomic mass is 32.2. The Morgan fingerprint density at radius 3 is 2.59 bits per heavy atom. The monoisotopic (exact) mass is 258 g/mol. The van der Waals surface area contributed by atoms with E-state index >= 15 is 0 Å². The summed E-state index contributed by atoms with van der Waals surface area (Å²) in [6.45, 7) is 3.77. The summed E-state index contributed by atoms with van der Waals surface area (Å²) in [7, 11) is -1.96. The predicted octanol–water partition coefficient (Wildman–Crippen LogP) is 0.629. The van der Waals surface area contributed by atoms with Crippen molar-refractivity contribution in [3.05, 3.63) is 23.8 Å². The number of aryl methyl sites for hydroxylation is 1. The zero-order valence-corrected chi connectivity index (χ0v) is 11.0. The van der Waals surface area contributed by atoms with E-state index in [1.165, 1.54) is 6.07 Å². The van der Waals surface area contributed by atoms with Gasteiger partial charge in [-0.05, 0) is 37.6 Å². The van der Waals surface area contributed by atoms with Crippen molar-refractivity contribution < 1.29 is 13.2 Å². The maximum absolute atomic E-state index is 11.9. The Labute approximate surface area is 102 Å². The molecule has 0 bridgehead atoms. The summed E-state index contributed by atoms with van der Waals surface area (Å²) in [5, 5.41) is 0. The first-order valence-corrected chi connectivity index (χ1v) is 6.76. The Bertz CT molecular complexity index is 485. The zero-order chi connectivity index (χ0) is 13.1. The van der Waals surface area contributed by atoms with Crippen LogP contribution in [0.2, 0.25) is 0 Å². The number of ether oxygens (including phenoxy) is 1. The normalized spacial score (nSPS) is 13.4. The summed E-state index contributed by atoms with van der Waals surface area (Å²) < 4.78 is 31.5. The minimum atomic E-state index is -3.50. The number of methoxy groups -OCH3 is 1. The highest BCUT2D eigenvalue weighted by Gasteiger charge is 2.17. The summed E-state index contributed by atoms with van der Waals surface area (Å²) in [5.41, 5.74) is 6.16. The first kappa shape index (κ1) is 14.0. The molecular weight excluding hydrogens is 240 g/mol.